The number of hydrogen-bond donors (Lipinski definition) is 0. The van der Waals surface area contributed by atoms with Crippen LogP contribution in [0.3, 0.4) is 0 Å². The molecule has 1 aromatic carbocycles. The molecule has 1 heterocycles. The maximum absolute atomic E-state index is 13.6. The first-order valence-corrected chi connectivity index (χ1v) is 5.45. The summed E-state index contributed by atoms with van der Waals surface area (Å²) in [5.41, 5.74) is 0.443. The average Bonchev–Trinajstić information content (AvgIpc) is 2.54. The van der Waals surface area contributed by atoms with Gasteiger partial charge in [-0.3, -0.25) is 0 Å². The molecule has 1 aromatic heterocycles. The molecule has 0 radical (unpaired) electrons. The van der Waals surface area contributed by atoms with E-state index in [2.05, 4.69) is 31.9 Å². The van der Waals surface area contributed by atoms with Gasteiger partial charge >= 0.3 is 0 Å². The van der Waals surface area contributed by atoms with Crippen LogP contribution in [0.25, 0.3) is 11.3 Å². The van der Waals surface area contributed by atoms with Crippen LogP contribution in [-0.2, 0) is 0 Å². The highest BCUT2D eigenvalue weighted by atomic mass is 79.9. The Morgan fingerprint density at radius 1 is 1.21 bits per heavy atom. The van der Waals surface area contributed by atoms with Crippen molar-refractivity contribution in [2.45, 2.75) is 0 Å². The lowest BCUT2D eigenvalue weighted by molar-refractivity contribution is 0.568. The van der Waals surface area contributed by atoms with Gasteiger partial charge in [0.15, 0.2) is 0 Å². The third-order valence-corrected chi connectivity index (χ3v) is 2.86. The van der Waals surface area contributed by atoms with E-state index in [0.717, 1.165) is 0 Å². The monoisotopic (exact) mass is 318 g/mol. The minimum Gasteiger partial charge on any atom is -0.464 e. The van der Waals surface area contributed by atoms with Gasteiger partial charge in [0.2, 0.25) is 0 Å². The topological polar surface area (TPSA) is 13.1 Å². The van der Waals surface area contributed by atoms with Gasteiger partial charge in [0.1, 0.15) is 11.6 Å². The van der Waals surface area contributed by atoms with E-state index < -0.39 is 0 Å². The van der Waals surface area contributed by atoms with Crippen molar-refractivity contribution in [3.63, 3.8) is 0 Å². The zero-order valence-corrected chi connectivity index (χ0v) is 10.1. The molecule has 4 heteroatoms. The Bertz CT molecular complexity index is 428. The summed E-state index contributed by atoms with van der Waals surface area (Å²) in [7, 11) is 0. The molecule has 0 saturated heterocycles. The predicted octanol–water partition coefficient (Wildman–Crippen LogP) is 4.61. The van der Waals surface area contributed by atoms with Crippen molar-refractivity contribution in [2.75, 3.05) is 0 Å². The van der Waals surface area contributed by atoms with E-state index in [9.17, 15) is 4.39 Å². The summed E-state index contributed by atoms with van der Waals surface area (Å²) in [5, 5.41) is 0. The van der Waals surface area contributed by atoms with Crippen molar-refractivity contribution in [2.24, 2.45) is 0 Å². The number of rotatable bonds is 1. The average molecular weight is 320 g/mol. The fourth-order valence-corrected chi connectivity index (χ4v) is 2.57. The molecule has 0 spiro atoms. The molecular formula is C10H5Br2FO. The van der Waals surface area contributed by atoms with E-state index in [1.165, 1.54) is 12.3 Å². The van der Waals surface area contributed by atoms with E-state index in [0.29, 0.717) is 20.3 Å². The van der Waals surface area contributed by atoms with Gasteiger partial charge in [-0.2, -0.15) is 0 Å². The first-order chi connectivity index (χ1) is 6.68. The van der Waals surface area contributed by atoms with Crippen molar-refractivity contribution in [1.82, 2.24) is 0 Å². The van der Waals surface area contributed by atoms with Crippen LogP contribution in [-0.4, -0.2) is 0 Å². The fraction of sp³-hybridized carbons (Fsp3) is 0. The Kier molecular flexibility index (Phi) is 2.74. The standard InChI is InChI=1S/C10H5Br2FO/c11-6-4-7(12)10(8(13)5-6)9-2-1-3-14-9/h1-5H. The molecular weight excluding hydrogens is 315 g/mol. The molecule has 2 aromatic rings. The Balaban J connectivity index is 2.64. The molecule has 14 heavy (non-hydrogen) atoms. The molecule has 0 aliphatic rings. The van der Waals surface area contributed by atoms with Crippen molar-refractivity contribution in [3.8, 4) is 11.3 Å². The third kappa shape index (κ3) is 1.77. The van der Waals surface area contributed by atoms with Crippen LogP contribution in [0.5, 0.6) is 0 Å². The lowest BCUT2D eigenvalue weighted by Crippen LogP contribution is -1.84. The smallest absolute Gasteiger partial charge is 0.137 e. The van der Waals surface area contributed by atoms with Crippen LogP contribution in [0.15, 0.2) is 43.9 Å². The largest absolute Gasteiger partial charge is 0.464 e. The molecule has 0 aliphatic heterocycles. The van der Waals surface area contributed by atoms with Crippen molar-refractivity contribution in [3.05, 3.63) is 45.3 Å². The molecule has 0 fully saturated rings. The van der Waals surface area contributed by atoms with Crippen LogP contribution in [0.4, 0.5) is 4.39 Å². The molecule has 0 N–H and O–H groups in total. The molecule has 2 rings (SSSR count). The Labute approximate surface area is 97.2 Å². The van der Waals surface area contributed by atoms with Crippen molar-refractivity contribution < 1.29 is 8.81 Å². The minimum absolute atomic E-state index is 0.318. The Morgan fingerprint density at radius 2 is 2.00 bits per heavy atom. The molecule has 0 bridgehead atoms. The molecule has 72 valence electrons. The van der Waals surface area contributed by atoms with Gasteiger partial charge in [-0.15, -0.1) is 0 Å². The van der Waals surface area contributed by atoms with Crippen LogP contribution in [0.1, 0.15) is 0 Å². The number of benzene rings is 1. The summed E-state index contributed by atoms with van der Waals surface area (Å²) in [6, 6.07) is 6.63. The Morgan fingerprint density at radius 3 is 2.57 bits per heavy atom. The predicted molar refractivity (Wildman–Crippen MR) is 59.5 cm³/mol. The van der Waals surface area contributed by atoms with Gasteiger partial charge in [-0.25, -0.2) is 4.39 Å². The number of hydrogen-bond acceptors (Lipinski definition) is 1. The second kappa shape index (κ2) is 3.87. The van der Waals surface area contributed by atoms with Crippen LogP contribution < -0.4 is 0 Å². The van der Waals surface area contributed by atoms with Crippen molar-refractivity contribution >= 4 is 31.9 Å². The maximum atomic E-state index is 13.6. The minimum atomic E-state index is -0.318. The highest BCUT2D eigenvalue weighted by Crippen LogP contribution is 2.33. The normalized spacial score (nSPS) is 10.5. The SMILES string of the molecule is Fc1cc(Br)cc(Br)c1-c1ccco1. The summed E-state index contributed by atoms with van der Waals surface area (Å²) >= 11 is 6.50. The summed E-state index contributed by atoms with van der Waals surface area (Å²) in [6.45, 7) is 0. The molecule has 1 nitrogen and oxygen atoms in total. The van der Waals surface area contributed by atoms with E-state index in [4.69, 9.17) is 4.42 Å². The molecule has 0 amide bonds. The van der Waals surface area contributed by atoms with Crippen molar-refractivity contribution in [1.29, 1.82) is 0 Å². The molecule has 0 aliphatic carbocycles. The first kappa shape index (κ1) is 9.93. The number of halogens is 3. The van der Waals surface area contributed by atoms with Gasteiger partial charge in [0, 0.05) is 8.95 Å². The van der Waals surface area contributed by atoms with Gasteiger partial charge in [-0.05, 0) is 40.2 Å². The van der Waals surface area contributed by atoms with E-state index >= 15 is 0 Å². The maximum Gasteiger partial charge on any atom is 0.137 e. The highest BCUT2D eigenvalue weighted by Gasteiger charge is 2.12. The van der Waals surface area contributed by atoms with E-state index in [1.54, 1.807) is 18.2 Å². The van der Waals surface area contributed by atoms with Crippen LogP contribution in [0.2, 0.25) is 0 Å². The summed E-state index contributed by atoms with van der Waals surface area (Å²) in [4.78, 5) is 0. The van der Waals surface area contributed by atoms with E-state index in [1.807, 2.05) is 0 Å². The zero-order valence-electron chi connectivity index (χ0n) is 6.93. The molecule has 0 saturated carbocycles. The first-order valence-electron chi connectivity index (χ1n) is 3.87. The second-order valence-corrected chi connectivity index (χ2v) is 4.49. The lowest BCUT2D eigenvalue weighted by Gasteiger charge is -2.03. The van der Waals surface area contributed by atoms with Gasteiger partial charge in [0.05, 0.1) is 11.8 Å². The van der Waals surface area contributed by atoms with Crippen LogP contribution >= 0.6 is 31.9 Å². The van der Waals surface area contributed by atoms with Gasteiger partial charge in [-0.1, -0.05) is 15.9 Å². The molecule has 0 unspecified atom stereocenters. The highest BCUT2D eigenvalue weighted by molar-refractivity contribution is 9.11. The third-order valence-electron chi connectivity index (χ3n) is 1.77. The fourth-order valence-electron chi connectivity index (χ4n) is 1.20. The summed E-state index contributed by atoms with van der Waals surface area (Å²) in [6.07, 6.45) is 1.52. The molecule has 0 atom stereocenters. The summed E-state index contributed by atoms with van der Waals surface area (Å²) < 4.78 is 20.0. The summed E-state index contributed by atoms with van der Waals surface area (Å²) in [5.74, 6) is 0.197. The zero-order chi connectivity index (χ0) is 10.1. The van der Waals surface area contributed by atoms with Gasteiger partial charge < -0.3 is 4.42 Å². The Hall–Kier alpha value is -0.610. The van der Waals surface area contributed by atoms with Crippen LogP contribution in [0, 0.1) is 5.82 Å². The second-order valence-electron chi connectivity index (χ2n) is 2.72. The number of furan rings is 1. The quantitative estimate of drug-likeness (QED) is 0.748. The van der Waals surface area contributed by atoms with E-state index in [-0.39, 0.29) is 5.82 Å². The van der Waals surface area contributed by atoms with Gasteiger partial charge in [0.25, 0.3) is 0 Å². The lowest BCUT2D eigenvalue weighted by atomic mass is 10.1.